The highest BCUT2D eigenvalue weighted by Gasteiger charge is 2.11. The Morgan fingerprint density at radius 3 is 2.29 bits per heavy atom. The van der Waals surface area contributed by atoms with Gasteiger partial charge in [-0.05, 0) is 34.9 Å². The predicted octanol–water partition coefficient (Wildman–Crippen LogP) is 4.46. The molecule has 136 valence electrons. The van der Waals surface area contributed by atoms with Crippen LogP contribution < -0.4 is 11.5 Å². The van der Waals surface area contributed by atoms with Crippen LogP contribution in [0.1, 0.15) is 5.56 Å². The van der Waals surface area contributed by atoms with Crippen LogP contribution in [-0.4, -0.2) is 14.5 Å². The zero-order valence-electron chi connectivity index (χ0n) is 15.2. The van der Waals surface area contributed by atoms with Crippen LogP contribution in [0.4, 0.5) is 11.8 Å². The molecule has 0 unspecified atom stereocenters. The number of anilines is 2. The summed E-state index contributed by atoms with van der Waals surface area (Å²) in [4.78, 5) is 8.41. The van der Waals surface area contributed by atoms with Crippen molar-refractivity contribution in [2.75, 3.05) is 11.5 Å². The summed E-state index contributed by atoms with van der Waals surface area (Å²) in [7, 11) is 0. The van der Waals surface area contributed by atoms with Gasteiger partial charge in [-0.3, -0.25) is 0 Å². The molecule has 2 aromatic heterocycles. The molecule has 0 saturated heterocycles. The Morgan fingerprint density at radius 2 is 1.50 bits per heavy atom. The molecule has 5 rings (SSSR count). The fourth-order valence-corrected chi connectivity index (χ4v) is 3.72. The van der Waals surface area contributed by atoms with Gasteiger partial charge in [-0.2, -0.15) is 4.98 Å². The maximum atomic E-state index is 6.12. The minimum Gasteiger partial charge on any atom is -0.383 e. The molecule has 0 atom stereocenters. The molecule has 0 saturated carbocycles. The molecule has 5 aromatic rings. The van der Waals surface area contributed by atoms with Gasteiger partial charge in [-0.25, -0.2) is 4.98 Å². The maximum absolute atomic E-state index is 6.12. The molecule has 5 heteroatoms. The smallest absolute Gasteiger partial charge is 0.222 e. The Kier molecular flexibility index (Phi) is 3.72. The molecule has 0 aliphatic carbocycles. The van der Waals surface area contributed by atoms with Crippen molar-refractivity contribution in [2.45, 2.75) is 6.54 Å². The van der Waals surface area contributed by atoms with E-state index in [0.717, 1.165) is 28.4 Å². The summed E-state index contributed by atoms with van der Waals surface area (Å²) in [5, 5.41) is 1.89. The number of fused-ring (bicyclic) bond motifs is 3. The van der Waals surface area contributed by atoms with Crippen LogP contribution in [0.5, 0.6) is 0 Å². The van der Waals surface area contributed by atoms with Crippen molar-refractivity contribution < 1.29 is 0 Å². The van der Waals surface area contributed by atoms with Gasteiger partial charge >= 0.3 is 0 Å². The van der Waals surface area contributed by atoms with E-state index in [1.54, 1.807) is 0 Å². The van der Waals surface area contributed by atoms with Gasteiger partial charge in [0.05, 0.1) is 10.9 Å². The second kappa shape index (κ2) is 6.39. The molecule has 0 aliphatic heterocycles. The second-order valence-electron chi connectivity index (χ2n) is 6.87. The van der Waals surface area contributed by atoms with Crippen LogP contribution in [0.3, 0.4) is 0 Å². The van der Waals surface area contributed by atoms with Crippen molar-refractivity contribution in [3.63, 3.8) is 0 Å². The van der Waals surface area contributed by atoms with E-state index in [9.17, 15) is 0 Å². The van der Waals surface area contributed by atoms with E-state index in [1.807, 2.05) is 12.1 Å². The Bertz CT molecular complexity index is 1290. The summed E-state index contributed by atoms with van der Waals surface area (Å²) >= 11 is 0. The first-order chi connectivity index (χ1) is 13.7. The normalized spacial score (nSPS) is 11.3. The lowest BCUT2D eigenvalue weighted by molar-refractivity contribution is 0.837. The minimum absolute atomic E-state index is 0.197. The van der Waals surface area contributed by atoms with E-state index in [0.29, 0.717) is 5.82 Å². The standard InChI is InChI=1S/C23H19N5/c24-22-21-18-12-13-28(20(18)11-10-19(21)26-23(25)27-22)14-15-6-8-17(9-7-15)16-4-2-1-3-5-16/h1-13H,14H2,(H4,24,25,26,27). The van der Waals surface area contributed by atoms with Crippen molar-refractivity contribution in [2.24, 2.45) is 0 Å². The third-order valence-corrected chi connectivity index (χ3v) is 5.07. The average molecular weight is 365 g/mol. The monoisotopic (exact) mass is 365 g/mol. The summed E-state index contributed by atoms with van der Waals surface area (Å²) in [6.07, 6.45) is 2.07. The number of hydrogen-bond acceptors (Lipinski definition) is 4. The van der Waals surface area contributed by atoms with Gasteiger partial charge in [0.2, 0.25) is 5.95 Å². The number of nitrogen functional groups attached to an aromatic ring is 2. The van der Waals surface area contributed by atoms with Crippen LogP contribution in [0.15, 0.2) is 79.0 Å². The minimum atomic E-state index is 0.197. The summed E-state index contributed by atoms with van der Waals surface area (Å²) in [5.41, 5.74) is 17.4. The van der Waals surface area contributed by atoms with Gasteiger partial charge in [0.25, 0.3) is 0 Å². The molecule has 4 N–H and O–H groups in total. The lowest BCUT2D eigenvalue weighted by Crippen LogP contribution is -2.01. The van der Waals surface area contributed by atoms with Crippen molar-refractivity contribution in [3.05, 3.63) is 84.6 Å². The Morgan fingerprint density at radius 1 is 0.750 bits per heavy atom. The van der Waals surface area contributed by atoms with E-state index < -0.39 is 0 Å². The van der Waals surface area contributed by atoms with Gasteiger partial charge in [0.15, 0.2) is 0 Å². The maximum Gasteiger partial charge on any atom is 0.222 e. The summed E-state index contributed by atoms with van der Waals surface area (Å²) < 4.78 is 2.21. The van der Waals surface area contributed by atoms with E-state index in [4.69, 9.17) is 11.5 Å². The Labute approximate surface area is 162 Å². The predicted molar refractivity (Wildman–Crippen MR) is 115 cm³/mol. The fourth-order valence-electron chi connectivity index (χ4n) is 3.72. The lowest BCUT2D eigenvalue weighted by Gasteiger charge is -2.09. The van der Waals surface area contributed by atoms with Crippen molar-refractivity contribution in [1.82, 2.24) is 14.5 Å². The topological polar surface area (TPSA) is 82.7 Å². The summed E-state index contributed by atoms with van der Waals surface area (Å²) in [5.74, 6) is 0.611. The SMILES string of the molecule is Nc1nc(N)c2c(ccc3c2ccn3Cc2ccc(-c3ccccc3)cc2)n1. The quantitative estimate of drug-likeness (QED) is 0.494. The van der Waals surface area contributed by atoms with E-state index in [1.165, 1.54) is 16.7 Å². The zero-order chi connectivity index (χ0) is 19.1. The highest BCUT2D eigenvalue weighted by atomic mass is 15.0. The molecule has 3 aromatic carbocycles. The molecule has 0 bridgehead atoms. The van der Waals surface area contributed by atoms with Gasteiger partial charge in [0.1, 0.15) is 5.82 Å². The van der Waals surface area contributed by atoms with Crippen molar-refractivity contribution >= 4 is 33.6 Å². The van der Waals surface area contributed by atoms with Gasteiger partial charge in [0, 0.05) is 23.6 Å². The van der Waals surface area contributed by atoms with Crippen molar-refractivity contribution in [3.8, 4) is 11.1 Å². The molecule has 0 radical (unpaired) electrons. The first-order valence-electron chi connectivity index (χ1n) is 9.14. The number of nitrogens with zero attached hydrogens (tertiary/aromatic N) is 3. The first kappa shape index (κ1) is 16.3. The van der Waals surface area contributed by atoms with E-state index in [2.05, 4.69) is 81.4 Å². The number of aromatic nitrogens is 3. The number of hydrogen-bond donors (Lipinski definition) is 2. The molecule has 0 aliphatic rings. The van der Waals surface area contributed by atoms with Crippen LogP contribution in [-0.2, 0) is 6.54 Å². The van der Waals surface area contributed by atoms with Gasteiger partial charge < -0.3 is 16.0 Å². The molecule has 0 fully saturated rings. The lowest BCUT2D eigenvalue weighted by atomic mass is 10.0. The number of nitrogens with two attached hydrogens (primary N) is 2. The molecule has 0 spiro atoms. The van der Waals surface area contributed by atoms with Gasteiger partial charge in [-0.15, -0.1) is 0 Å². The van der Waals surface area contributed by atoms with E-state index in [-0.39, 0.29) is 5.95 Å². The molecule has 5 nitrogen and oxygen atoms in total. The molecular weight excluding hydrogens is 346 g/mol. The highest BCUT2D eigenvalue weighted by Crippen LogP contribution is 2.30. The first-order valence-corrected chi connectivity index (χ1v) is 9.14. The summed E-state index contributed by atoms with van der Waals surface area (Å²) in [6, 6.07) is 25.1. The fraction of sp³-hybridized carbons (Fsp3) is 0.0435. The van der Waals surface area contributed by atoms with Gasteiger partial charge in [-0.1, -0.05) is 54.6 Å². The second-order valence-corrected chi connectivity index (χ2v) is 6.87. The zero-order valence-corrected chi connectivity index (χ0v) is 15.2. The molecule has 0 amide bonds. The summed E-state index contributed by atoms with van der Waals surface area (Å²) in [6.45, 7) is 0.778. The molecule has 2 heterocycles. The Balaban J connectivity index is 1.51. The van der Waals surface area contributed by atoms with E-state index >= 15 is 0 Å². The number of rotatable bonds is 3. The third-order valence-electron chi connectivity index (χ3n) is 5.07. The molecular formula is C23H19N5. The van der Waals surface area contributed by atoms with Crippen LogP contribution in [0, 0.1) is 0 Å². The largest absolute Gasteiger partial charge is 0.383 e. The van der Waals surface area contributed by atoms with Crippen LogP contribution in [0.2, 0.25) is 0 Å². The van der Waals surface area contributed by atoms with Crippen LogP contribution in [0.25, 0.3) is 32.9 Å². The van der Waals surface area contributed by atoms with Crippen molar-refractivity contribution in [1.29, 1.82) is 0 Å². The highest BCUT2D eigenvalue weighted by molar-refractivity contribution is 6.10. The third kappa shape index (κ3) is 2.74. The number of benzene rings is 3. The molecule has 28 heavy (non-hydrogen) atoms. The Hall–Kier alpha value is -3.86. The van der Waals surface area contributed by atoms with Crippen LogP contribution >= 0.6 is 0 Å². The average Bonchev–Trinajstić information content (AvgIpc) is 3.11.